The molecule has 4 heteroatoms. The SMILES string of the molecule is CN(Cc1cccc(C#N)c1)c1ccc(C=O)cc1F. The zero-order valence-electron chi connectivity index (χ0n) is 11.0. The predicted octanol–water partition coefficient (Wildman–Crippen LogP) is 3.15. The fraction of sp³-hybridized carbons (Fsp3) is 0.125. The molecular weight excluding hydrogens is 255 g/mol. The molecule has 2 rings (SSSR count). The van der Waals surface area contributed by atoms with E-state index in [4.69, 9.17) is 5.26 Å². The summed E-state index contributed by atoms with van der Waals surface area (Å²) in [7, 11) is 1.76. The summed E-state index contributed by atoms with van der Waals surface area (Å²) in [6.45, 7) is 0.479. The van der Waals surface area contributed by atoms with Gasteiger partial charge in [-0.25, -0.2) is 4.39 Å². The fourth-order valence-corrected chi connectivity index (χ4v) is 2.00. The Morgan fingerprint density at radius 1 is 1.30 bits per heavy atom. The summed E-state index contributed by atoms with van der Waals surface area (Å²) < 4.78 is 13.9. The number of hydrogen-bond acceptors (Lipinski definition) is 3. The van der Waals surface area contributed by atoms with Crippen LogP contribution in [0.15, 0.2) is 42.5 Å². The van der Waals surface area contributed by atoms with E-state index in [1.165, 1.54) is 6.07 Å². The van der Waals surface area contributed by atoms with Crippen molar-refractivity contribution in [2.24, 2.45) is 0 Å². The summed E-state index contributed by atoms with van der Waals surface area (Å²) in [6.07, 6.45) is 0.614. The molecule has 0 heterocycles. The molecule has 0 aliphatic rings. The van der Waals surface area contributed by atoms with Gasteiger partial charge >= 0.3 is 0 Å². The monoisotopic (exact) mass is 268 g/mol. The number of carbonyl (C=O) groups excluding carboxylic acids is 1. The molecule has 2 aromatic rings. The summed E-state index contributed by atoms with van der Waals surface area (Å²) in [4.78, 5) is 12.3. The molecule has 20 heavy (non-hydrogen) atoms. The summed E-state index contributed by atoms with van der Waals surface area (Å²) in [5.41, 5.74) is 2.22. The second-order valence-electron chi connectivity index (χ2n) is 4.50. The third-order valence-corrected chi connectivity index (χ3v) is 2.99. The van der Waals surface area contributed by atoms with Crippen LogP contribution in [0, 0.1) is 17.1 Å². The molecule has 0 aliphatic heterocycles. The minimum absolute atomic E-state index is 0.311. The fourth-order valence-electron chi connectivity index (χ4n) is 2.00. The molecular formula is C16H13FN2O. The lowest BCUT2D eigenvalue weighted by Gasteiger charge is -2.20. The molecule has 0 saturated heterocycles. The third kappa shape index (κ3) is 3.01. The van der Waals surface area contributed by atoms with Crippen LogP contribution >= 0.6 is 0 Å². The molecule has 0 N–H and O–H groups in total. The van der Waals surface area contributed by atoms with Gasteiger partial charge in [-0.15, -0.1) is 0 Å². The summed E-state index contributed by atoms with van der Waals surface area (Å²) >= 11 is 0. The van der Waals surface area contributed by atoms with E-state index in [-0.39, 0.29) is 0 Å². The molecule has 0 saturated carbocycles. The maximum Gasteiger partial charge on any atom is 0.150 e. The minimum Gasteiger partial charge on any atom is -0.368 e. The van der Waals surface area contributed by atoms with Gasteiger partial charge in [0.2, 0.25) is 0 Å². The Bertz CT molecular complexity index is 676. The van der Waals surface area contributed by atoms with Crippen molar-refractivity contribution in [3.05, 3.63) is 65.0 Å². The molecule has 0 aliphatic carbocycles. The van der Waals surface area contributed by atoms with E-state index in [2.05, 4.69) is 6.07 Å². The smallest absolute Gasteiger partial charge is 0.150 e. The first kappa shape index (κ1) is 13.8. The Hall–Kier alpha value is -2.67. The first-order valence-corrected chi connectivity index (χ1v) is 6.09. The van der Waals surface area contributed by atoms with Gasteiger partial charge in [-0.2, -0.15) is 5.26 Å². The number of rotatable bonds is 4. The molecule has 0 unspecified atom stereocenters. The average molecular weight is 268 g/mol. The molecule has 0 radical (unpaired) electrons. The highest BCUT2D eigenvalue weighted by molar-refractivity contribution is 5.75. The number of nitriles is 1. The van der Waals surface area contributed by atoms with Gasteiger partial charge in [-0.1, -0.05) is 12.1 Å². The number of benzene rings is 2. The summed E-state index contributed by atoms with van der Waals surface area (Å²) in [6, 6.07) is 13.6. The van der Waals surface area contributed by atoms with E-state index in [0.29, 0.717) is 29.6 Å². The van der Waals surface area contributed by atoms with Crippen LogP contribution < -0.4 is 4.90 Å². The normalized spacial score (nSPS) is 9.85. The molecule has 0 bridgehead atoms. The van der Waals surface area contributed by atoms with Crippen molar-refractivity contribution in [2.75, 3.05) is 11.9 Å². The Balaban J connectivity index is 2.21. The van der Waals surface area contributed by atoms with E-state index >= 15 is 0 Å². The quantitative estimate of drug-likeness (QED) is 0.800. The number of carbonyl (C=O) groups is 1. The Morgan fingerprint density at radius 2 is 2.10 bits per heavy atom. The first-order valence-electron chi connectivity index (χ1n) is 6.09. The van der Waals surface area contributed by atoms with Gasteiger partial charge in [0.05, 0.1) is 17.3 Å². The maximum absolute atomic E-state index is 13.9. The van der Waals surface area contributed by atoms with Gasteiger partial charge in [-0.3, -0.25) is 4.79 Å². The van der Waals surface area contributed by atoms with Crippen LogP contribution in [0.1, 0.15) is 21.5 Å². The minimum atomic E-state index is -0.437. The number of halogens is 1. The van der Waals surface area contributed by atoms with E-state index in [9.17, 15) is 9.18 Å². The zero-order chi connectivity index (χ0) is 14.5. The van der Waals surface area contributed by atoms with E-state index < -0.39 is 5.82 Å². The van der Waals surface area contributed by atoms with Gasteiger partial charge in [0, 0.05) is 19.2 Å². The van der Waals surface area contributed by atoms with Crippen molar-refractivity contribution < 1.29 is 9.18 Å². The van der Waals surface area contributed by atoms with Gasteiger partial charge in [0.15, 0.2) is 0 Å². The second-order valence-corrected chi connectivity index (χ2v) is 4.50. The highest BCUT2D eigenvalue weighted by Gasteiger charge is 2.09. The van der Waals surface area contributed by atoms with Crippen LogP contribution in [-0.2, 0) is 6.54 Å². The zero-order valence-corrected chi connectivity index (χ0v) is 11.0. The molecule has 0 amide bonds. The van der Waals surface area contributed by atoms with Crippen molar-refractivity contribution in [3.8, 4) is 6.07 Å². The van der Waals surface area contributed by atoms with Crippen LogP contribution in [0.25, 0.3) is 0 Å². The summed E-state index contributed by atoms with van der Waals surface area (Å²) in [5, 5.41) is 8.86. The number of nitrogens with zero attached hydrogens (tertiary/aromatic N) is 2. The molecule has 0 fully saturated rings. The second kappa shape index (κ2) is 5.98. The van der Waals surface area contributed by atoms with Gasteiger partial charge in [0.1, 0.15) is 12.1 Å². The highest BCUT2D eigenvalue weighted by atomic mass is 19.1. The summed E-state index contributed by atoms with van der Waals surface area (Å²) in [5.74, 6) is -0.437. The van der Waals surface area contributed by atoms with E-state index in [1.807, 2.05) is 6.07 Å². The van der Waals surface area contributed by atoms with Gasteiger partial charge in [-0.05, 0) is 35.9 Å². The van der Waals surface area contributed by atoms with E-state index in [0.717, 1.165) is 5.56 Å². The van der Waals surface area contributed by atoms with Crippen LogP contribution in [0.2, 0.25) is 0 Å². The topological polar surface area (TPSA) is 44.1 Å². The van der Waals surface area contributed by atoms with Crippen molar-refractivity contribution >= 4 is 12.0 Å². The maximum atomic E-state index is 13.9. The van der Waals surface area contributed by atoms with Crippen molar-refractivity contribution in [1.82, 2.24) is 0 Å². The highest BCUT2D eigenvalue weighted by Crippen LogP contribution is 2.21. The van der Waals surface area contributed by atoms with Crippen LogP contribution in [0.4, 0.5) is 10.1 Å². The van der Waals surface area contributed by atoms with Crippen LogP contribution in [0.5, 0.6) is 0 Å². The standard InChI is InChI=1S/C16H13FN2O/c1-19(10-13-4-2-3-12(7-13)9-18)16-6-5-14(11-20)8-15(16)17/h2-8,11H,10H2,1H3. The Kier molecular flexibility index (Phi) is 4.11. The number of hydrogen-bond donors (Lipinski definition) is 0. The van der Waals surface area contributed by atoms with Crippen LogP contribution in [-0.4, -0.2) is 13.3 Å². The lowest BCUT2D eigenvalue weighted by atomic mass is 10.1. The Morgan fingerprint density at radius 3 is 2.75 bits per heavy atom. The molecule has 100 valence electrons. The average Bonchev–Trinajstić information content (AvgIpc) is 2.47. The number of aldehydes is 1. The molecule has 0 atom stereocenters. The lowest BCUT2D eigenvalue weighted by molar-refractivity contribution is 0.112. The van der Waals surface area contributed by atoms with Crippen molar-refractivity contribution in [3.63, 3.8) is 0 Å². The molecule has 2 aromatic carbocycles. The molecule has 0 spiro atoms. The van der Waals surface area contributed by atoms with Gasteiger partial charge < -0.3 is 4.90 Å². The van der Waals surface area contributed by atoms with Crippen LogP contribution in [0.3, 0.4) is 0 Å². The van der Waals surface area contributed by atoms with Gasteiger partial charge in [0.25, 0.3) is 0 Å². The third-order valence-electron chi connectivity index (χ3n) is 2.99. The predicted molar refractivity (Wildman–Crippen MR) is 75.1 cm³/mol. The van der Waals surface area contributed by atoms with Crippen molar-refractivity contribution in [1.29, 1.82) is 5.26 Å². The molecule has 3 nitrogen and oxygen atoms in total. The van der Waals surface area contributed by atoms with Crippen molar-refractivity contribution in [2.45, 2.75) is 6.54 Å². The first-order chi connectivity index (χ1) is 9.63. The largest absolute Gasteiger partial charge is 0.368 e. The Labute approximate surface area is 116 Å². The molecule has 0 aromatic heterocycles. The van der Waals surface area contributed by atoms with E-state index in [1.54, 1.807) is 42.3 Å². The lowest BCUT2D eigenvalue weighted by Crippen LogP contribution is -2.17. The number of anilines is 1.